The zero-order valence-corrected chi connectivity index (χ0v) is 16.0. The van der Waals surface area contributed by atoms with E-state index in [-0.39, 0.29) is 79.2 Å². The van der Waals surface area contributed by atoms with Crippen molar-refractivity contribution in [2.75, 3.05) is 0 Å². The largest absolute Gasteiger partial charge is 1.00 e. The first kappa shape index (κ1) is 21.2. The fourth-order valence-corrected chi connectivity index (χ4v) is 3.32. The smallest absolute Gasteiger partial charge is 0.449 e. The summed E-state index contributed by atoms with van der Waals surface area (Å²) in [6.45, 7) is -1.38. The van der Waals surface area contributed by atoms with Crippen LogP contribution in [0.5, 0.6) is 0 Å². The van der Waals surface area contributed by atoms with Crippen LogP contribution in [0.1, 0.15) is 27.8 Å². The first-order valence-electron chi connectivity index (χ1n) is 5.65. The van der Waals surface area contributed by atoms with Gasteiger partial charge in [-0.3, -0.25) is 0 Å². The molecule has 1 aromatic carbocycles. The molecule has 0 aliphatic heterocycles. The normalized spacial score (nSPS) is 11.7. The van der Waals surface area contributed by atoms with Crippen LogP contribution in [0, 0.1) is 33.1 Å². The second-order valence-corrected chi connectivity index (χ2v) is 5.84. The maximum atomic E-state index is 13.3. The molecule has 0 aromatic heterocycles. The van der Waals surface area contributed by atoms with Gasteiger partial charge >= 0.3 is 68.6 Å². The summed E-state index contributed by atoms with van der Waals surface area (Å²) in [7, 11) is -5.15. The Bertz CT molecular complexity index is 706. The molecule has 1 rings (SSSR count). The Morgan fingerprint density at radius 2 is 1.57 bits per heavy atom. The zero-order chi connectivity index (χ0) is 15.9. The molecule has 0 radical (unpaired) electrons. The molecule has 0 bridgehead atoms. The minimum absolute atomic E-state index is 0. The van der Waals surface area contributed by atoms with E-state index in [2.05, 4.69) is 5.92 Å². The first-order chi connectivity index (χ1) is 8.90. The number of benzene rings is 1. The molecule has 9 heteroatoms. The Morgan fingerprint density at radius 3 is 1.90 bits per heavy atom. The topological polar surface area (TPSA) is 34.1 Å². The third kappa shape index (κ3) is 4.81. The molecule has 110 valence electrons. The molecule has 0 unspecified atom stereocenters. The number of hydrogen-bond donors (Lipinski definition) is 0. The van der Waals surface area contributed by atoms with E-state index >= 15 is 0 Å². The fraction of sp³-hybridized carbons (Fsp3) is 0.333. The zero-order valence-electron chi connectivity index (χ0n) is 12.1. The van der Waals surface area contributed by atoms with Crippen molar-refractivity contribution in [2.45, 2.75) is 32.0 Å². The predicted octanol–water partition coefficient (Wildman–Crippen LogP) is 0.184. The van der Waals surface area contributed by atoms with Gasteiger partial charge in [-0.05, 0) is 37.5 Å². The van der Waals surface area contributed by atoms with E-state index in [4.69, 9.17) is 6.42 Å². The van der Waals surface area contributed by atoms with Gasteiger partial charge in [-0.1, -0.05) is 17.8 Å². The first-order valence-corrected chi connectivity index (χ1v) is 7.03. The molecular weight excluding hydrogens is 334 g/mol. The molecule has 0 heterocycles. The van der Waals surface area contributed by atoms with Crippen molar-refractivity contribution in [1.82, 2.24) is 0 Å². The summed E-state index contributed by atoms with van der Waals surface area (Å²) in [5.74, 6) is 2.14. The SMILES string of the molecule is C#Cc1c(C)c(C[B-](F)(F)F)c(C)c(S(=O)(=O)F)c1C.[K+]. The third-order valence-corrected chi connectivity index (χ3v) is 4.26. The minimum atomic E-state index is -5.19. The van der Waals surface area contributed by atoms with Gasteiger partial charge in [-0.15, -0.1) is 10.3 Å². The van der Waals surface area contributed by atoms with Crippen LogP contribution in [-0.2, 0) is 16.5 Å². The van der Waals surface area contributed by atoms with Gasteiger partial charge in [0.25, 0.3) is 0 Å². The summed E-state index contributed by atoms with van der Waals surface area (Å²) < 4.78 is 73.6. The average molecular weight is 346 g/mol. The van der Waals surface area contributed by atoms with Gasteiger partial charge < -0.3 is 12.9 Å². The average Bonchev–Trinajstić information content (AvgIpc) is 2.21. The molecule has 0 saturated heterocycles. The van der Waals surface area contributed by atoms with Crippen molar-refractivity contribution in [1.29, 1.82) is 0 Å². The van der Waals surface area contributed by atoms with E-state index in [0.29, 0.717) is 0 Å². The standard InChI is InChI=1S/C12H12BF4O2S.K/c1-5-10-7(2)11(6-13(14,15)16)9(4)12(8(10)3)20(17,18)19;/h1H,6H2,2-4H3;/q-1;+1. The maximum absolute atomic E-state index is 13.3. The molecule has 0 atom stereocenters. The van der Waals surface area contributed by atoms with Crippen molar-refractivity contribution in [2.24, 2.45) is 0 Å². The van der Waals surface area contributed by atoms with Gasteiger partial charge in [-0.25, -0.2) is 0 Å². The summed E-state index contributed by atoms with van der Waals surface area (Å²) in [6.07, 6.45) is 3.91. The molecular formula is C12H12BF4KO2S. The van der Waals surface area contributed by atoms with E-state index in [1.54, 1.807) is 0 Å². The van der Waals surface area contributed by atoms with Crippen molar-refractivity contribution in [3.05, 3.63) is 27.8 Å². The maximum Gasteiger partial charge on any atom is 1.00 e. The third-order valence-electron chi connectivity index (χ3n) is 3.16. The summed E-state index contributed by atoms with van der Waals surface area (Å²) >= 11 is 0. The molecule has 0 aliphatic carbocycles. The summed E-state index contributed by atoms with van der Waals surface area (Å²) in [5, 5.41) is 0. The summed E-state index contributed by atoms with van der Waals surface area (Å²) in [4.78, 5) is -0.758. The van der Waals surface area contributed by atoms with Crippen molar-refractivity contribution >= 4 is 17.2 Å². The molecule has 21 heavy (non-hydrogen) atoms. The quantitative estimate of drug-likeness (QED) is 0.339. The van der Waals surface area contributed by atoms with E-state index < -0.39 is 28.4 Å². The van der Waals surface area contributed by atoms with E-state index in [0.717, 1.165) is 6.92 Å². The van der Waals surface area contributed by atoms with Crippen molar-refractivity contribution in [3.8, 4) is 12.3 Å². The molecule has 0 spiro atoms. The number of hydrogen-bond acceptors (Lipinski definition) is 2. The Morgan fingerprint density at radius 1 is 1.10 bits per heavy atom. The van der Waals surface area contributed by atoms with Crippen LogP contribution in [-0.4, -0.2) is 15.4 Å². The summed E-state index contributed by atoms with van der Waals surface area (Å²) in [6, 6.07) is 0. The molecule has 0 amide bonds. The number of terminal acetylenes is 1. The van der Waals surface area contributed by atoms with Crippen molar-refractivity contribution < 1.29 is 76.6 Å². The van der Waals surface area contributed by atoms with Crippen LogP contribution in [0.25, 0.3) is 0 Å². The van der Waals surface area contributed by atoms with Gasteiger partial charge in [0.05, 0.1) is 0 Å². The molecule has 0 N–H and O–H groups in total. The number of rotatable bonds is 3. The van der Waals surface area contributed by atoms with Gasteiger partial charge in [0.2, 0.25) is 0 Å². The predicted molar refractivity (Wildman–Crippen MR) is 69.7 cm³/mol. The van der Waals surface area contributed by atoms with Crippen LogP contribution in [0.3, 0.4) is 0 Å². The second-order valence-electron chi connectivity index (χ2n) is 4.55. The van der Waals surface area contributed by atoms with E-state index in [9.17, 15) is 25.3 Å². The van der Waals surface area contributed by atoms with Gasteiger partial charge in [-0.2, -0.15) is 8.42 Å². The number of halogens is 4. The Labute approximate surface area is 164 Å². The molecule has 0 aliphatic rings. The Kier molecular flexibility index (Phi) is 7.20. The minimum Gasteiger partial charge on any atom is -0.449 e. The van der Waals surface area contributed by atoms with Crippen LogP contribution >= 0.6 is 0 Å². The van der Waals surface area contributed by atoms with Crippen LogP contribution in [0.4, 0.5) is 16.8 Å². The van der Waals surface area contributed by atoms with Crippen molar-refractivity contribution in [3.63, 3.8) is 0 Å². The van der Waals surface area contributed by atoms with E-state index in [1.165, 1.54) is 13.8 Å². The molecule has 0 fully saturated rings. The van der Waals surface area contributed by atoms with Crippen LogP contribution < -0.4 is 51.4 Å². The Balaban J connectivity index is 0.00000400. The van der Waals surface area contributed by atoms with Gasteiger partial charge in [0.1, 0.15) is 4.90 Å². The molecule has 1 aromatic rings. The monoisotopic (exact) mass is 346 g/mol. The van der Waals surface area contributed by atoms with Gasteiger partial charge in [0.15, 0.2) is 0 Å². The van der Waals surface area contributed by atoms with Crippen LogP contribution in [0.15, 0.2) is 4.90 Å². The molecule has 2 nitrogen and oxygen atoms in total. The second kappa shape index (κ2) is 7.15. The Hall–Kier alpha value is 0.151. The summed E-state index contributed by atoms with van der Waals surface area (Å²) in [5.41, 5.74) is -0.396. The fourth-order valence-electron chi connectivity index (χ4n) is 2.37. The van der Waals surface area contributed by atoms with Crippen LogP contribution in [0.2, 0.25) is 0 Å². The van der Waals surface area contributed by atoms with E-state index in [1.807, 2.05) is 0 Å². The van der Waals surface area contributed by atoms with Gasteiger partial charge in [0, 0.05) is 5.56 Å². The molecule has 0 saturated carbocycles.